The summed E-state index contributed by atoms with van der Waals surface area (Å²) in [4.78, 5) is 39.1. The normalized spacial score (nSPS) is 24.7. The topological polar surface area (TPSA) is 95.5 Å². The number of hydrogen-bond donors (Lipinski definition) is 3. The van der Waals surface area contributed by atoms with Gasteiger partial charge >= 0.3 is 5.97 Å². The average molecular weight is 433 g/mol. The van der Waals surface area contributed by atoms with Gasteiger partial charge < -0.3 is 15.7 Å². The highest BCUT2D eigenvalue weighted by molar-refractivity contribution is 7.17. The van der Waals surface area contributed by atoms with E-state index in [9.17, 15) is 19.5 Å². The Morgan fingerprint density at radius 1 is 0.833 bits per heavy atom. The van der Waals surface area contributed by atoms with Gasteiger partial charge in [-0.05, 0) is 56.9 Å². The third-order valence-corrected chi connectivity index (χ3v) is 8.20. The Labute approximate surface area is 181 Å². The summed E-state index contributed by atoms with van der Waals surface area (Å²) in [6.45, 7) is 0. The van der Waals surface area contributed by atoms with E-state index in [1.165, 1.54) is 22.6 Å². The van der Waals surface area contributed by atoms with Crippen molar-refractivity contribution in [2.75, 3.05) is 5.32 Å². The molecule has 0 bridgehead atoms. The number of carboxylic acid groups (broad SMARTS) is 1. The third kappa shape index (κ3) is 4.56. The molecule has 0 spiro atoms. The molecule has 2 saturated carbocycles. The largest absolute Gasteiger partial charge is 0.481 e. The fraction of sp³-hybridized carbons (Fsp3) is 0.696. The fourth-order valence-corrected chi connectivity index (χ4v) is 6.63. The van der Waals surface area contributed by atoms with Gasteiger partial charge in [-0.2, -0.15) is 0 Å². The standard InChI is InChI=1S/C23H32N2O4S/c26-20(15-10-4-5-11-16(15)23(28)29)25-22-19(17-12-6-7-13-18(17)30-22)21(27)24-14-8-2-1-3-9-14/h14-16H,1-13H2,(H,24,27)(H,25,26)(H,28,29)/t15-,16+/m1/s1. The van der Waals surface area contributed by atoms with Crippen LogP contribution in [0, 0.1) is 11.8 Å². The zero-order valence-electron chi connectivity index (χ0n) is 17.5. The van der Waals surface area contributed by atoms with Crippen molar-refractivity contribution in [1.29, 1.82) is 0 Å². The van der Waals surface area contributed by atoms with Crippen LogP contribution in [0.4, 0.5) is 5.00 Å². The lowest BCUT2D eigenvalue weighted by Gasteiger charge is -2.27. The van der Waals surface area contributed by atoms with Gasteiger partial charge in [0.2, 0.25) is 5.91 Å². The van der Waals surface area contributed by atoms with Gasteiger partial charge in [0.15, 0.2) is 0 Å². The molecule has 0 saturated heterocycles. The highest BCUT2D eigenvalue weighted by Crippen LogP contribution is 2.39. The molecule has 1 aromatic rings. The van der Waals surface area contributed by atoms with E-state index in [4.69, 9.17) is 0 Å². The van der Waals surface area contributed by atoms with Gasteiger partial charge in [-0.3, -0.25) is 14.4 Å². The Morgan fingerprint density at radius 3 is 2.23 bits per heavy atom. The average Bonchev–Trinajstić information content (AvgIpc) is 3.12. The predicted octanol–water partition coefficient (Wildman–Crippen LogP) is 4.52. The summed E-state index contributed by atoms with van der Waals surface area (Å²) in [5, 5.41) is 16.4. The number of aryl methyl sites for hydroxylation is 1. The molecule has 2 atom stereocenters. The molecule has 7 heteroatoms. The molecule has 1 aromatic heterocycles. The molecule has 2 amide bonds. The van der Waals surface area contributed by atoms with Crippen LogP contribution in [0.3, 0.4) is 0 Å². The molecule has 0 unspecified atom stereocenters. The SMILES string of the molecule is O=C(NC1CCCCC1)c1c(NC(=O)[C@@H]2CCCC[C@@H]2C(=O)O)sc2c1CCCC2. The van der Waals surface area contributed by atoms with Crippen LogP contribution in [0.15, 0.2) is 0 Å². The number of carbonyl (C=O) groups excluding carboxylic acids is 2. The summed E-state index contributed by atoms with van der Waals surface area (Å²) in [5.41, 5.74) is 1.73. The molecule has 0 aliphatic heterocycles. The quantitative estimate of drug-likeness (QED) is 0.637. The minimum atomic E-state index is -0.893. The van der Waals surface area contributed by atoms with E-state index in [-0.39, 0.29) is 17.9 Å². The summed E-state index contributed by atoms with van der Waals surface area (Å²) in [6, 6.07) is 0.212. The van der Waals surface area contributed by atoms with Crippen molar-refractivity contribution in [1.82, 2.24) is 5.32 Å². The molecule has 2 fully saturated rings. The number of fused-ring (bicyclic) bond motifs is 1. The number of aliphatic carboxylic acids is 1. The highest BCUT2D eigenvalue weighted by atomic mass is 32.1. The van der Waals surface area contributed by atoms with Crippen LogP contribution in [0.25, 0.3) is 0 Å². The van der Waals surface area contributed by atoms with Crippen LogP contribution in [0.1, 0.15) is 91.4 Å². The highest BCUT2D eigenvalue weighted by Gasteiger charge is 2.37. The first kappa shape index (κ1) is 21.3. The molecular weight excluding hydrogens is 400 g/mol. The van der Waals surface area contributed by atoms with Crippen LogP contribution >= 0.6 is 11.3 Å². The molecule has 4 rings (SSSR count). The number of hydrogen-bond acceptors (Lipinski definition) is 4. The first-order valence-corrected chi connectivity index (χ1v) is 12.4. The monoisotopic (exact) mass is 432 g/mol. The van der Waals surface area contributed by atoms with E-state index in [0.717, 1.165) is 69.8 Å². The number of nitrogens with one attached hydrogen (secondary N) is 2. The van der Waals surface area contributed by atoms with Crippen LogP contribution in [0.5, 0.6) is 0 Å². The second-order valence-electron chi connectivity index (χ2n) is 9.05. The van der Waals surface area contributed by atoms with Gasteiger partial charge in [0.1, 0.15) is 5.00 Å². The Kier molecular flexibility index (Phi) is 6.76. The van der Waals surface area contributed by atoms with E-state index in [2.05, 4.69) is 10.6 Å². The van der Waals surface area contributed by atoms with E-state index < -0.39 is 17.8 Å². The lowest BCUT2D eigenvalue weighted by atomic mass is 9.78. The maximum Gasteiger partial charge on any atom is 0.307 e. The van der Waals surface area contributed by atoms with Gasteiger partial charge in [0.05, 0.1) is 17.4 Å². The molecule has 164 valence electrons. The van der Waals surface area contributed by atoms with Crippen molar-refractivity contribution in [2.24, 2.45) is 11.8 Å². The van der Waals surface area contributed by atoms with Crippen molar-refractivity contribution >= 4 is 34.1 Å². The summed E-state index contributed by atoms with van der Waals surface area (Å²) in [7, 11) is 0. The molecule has 1 heterocycles. The van der Waals surface area contributed by atoms with Gasteiger partial charge in [-0.15, -0.1) is 11.3 Å². The molecule has 6 nitrogen and oxygen atoms in total. The second-order valence-corrected chi connectivity index (χ2v) is 10.2. The van der Waals surface area contributed by atoms with Crippen molar-refractivity contribution in [2.45, 2.75) is 89.5 Å². The Morgan fingerprint density at radius 2 is 1.50 bits per heavy atom. The predicted molar refractivity (Wildman–Crippen MR) is 117 cm³/mol. The Balaban J connectivity index is 1.56. The molecular formula is C23H32N2O4S. The van der Waals surface area contributed by atoms with Crippen LogP contribution in [-0.2, 0) is 22.4 Å². The zero-order valence-corrected chi connectivity index (χ0v) is 18.3. The van der Waals surface area contributed by atoms with Crippen molar-refractivity contribution in [3.05, 3.63) is 16.0 Å². The molecule has 3 aliphatic rings. The van der Waals surface area contributed by atoms with Crippen molar-refractivity contribution in [3.63, 3.8) is 0 Å². The molecule has 0 aromatic carbocycles. The lowest BCUT2D eigenvalue weighted by Crippen LogP contribution is -2.38. The minimum Gasteiger partial charge on any atom is -0.481 e. The maximum atomic E-state index is 13.2. The van der Waals surface area contributed by atoms with Crippen LogP contribution < -0.4 is 10.6 Å². The number of rotatable bonds is 5. The van der Waals surface area contributed by atoms with Crippen LogP contribution in [0.2, 0.25) is 0 Å². The van der Waals surface area contributed by atoms with Crippen molar-refractivity contribution < 1.29 is 19.5 Å². The number of thiophene rings is 1. The first-order chi connectivity index (χ1) is 14.5. The van der Waals surface area contributed by atoms with Crippen molar-refractivity contribution in [3.8, 4) is 0 Å². The number of carboxylic acids is 1. The molecule has 30 heavy (non-hydrogen) atoms. The zero-order chi connectivity index (χ0) is 21.1. The third-order valence-electron chi connectivity index (χ3n) is 7.00. The second kappa shape index (κ2) is 9.50. The van der Waals surface area contributed by atoms with Gasteiger partial charge in [0, 0.05) is 10.9 Å². The van der Waals surface area contributed by atoms with Gasteiger partial charge in [-0.1, -0.05) is 32.1 Å². The summed E-state index contributed by atoms with van der Waals surface area (Å²) >= 11 is 1.51. The number of amides is 2. The lowest BCUT2D eigenvalue weighted by molar-refractivity contribution is -0.147. The summed E-state index contributed by atoms with van der Waals surface area (Å²) in [6.07, 6.45) is 12.4. The Hall–Kier alpha value is -1.89. The summed E-state index contributed by atoms with van der Waals surface area (Å²) in [5.74, 6) is -2.37. The molecule has 3 aliphatic carbocycles. The Bertz CT molecular complexity index is 812. The molecule has 3 N–H and O–H groups in total. The van der Waals surface area contributed by atoms with E-state index in [1.54, 1.807) is 0 Å². The van der Waals surface area contributed by atoms with E-state index in [0.29, 0.717) is 23.4 Å². The summed E-state index contributed by atoms with van der Waals surface area (Å²) < 4.78 is 0. The van der Waals surface area contributed by atoms with Crippen LogP contribution in [-0.4, -0.2) is 28.9 Å². The first-order valence-electron chi connectivity index (χ1n) is 11.5. The minimum absolute atomic E-state index is 0.0740. The number of anilines is 1. The smallest absolute Gasteiger partial charge is 0.307 e. The maximum absolute atomic E-state index is 13.2. The number of carbonyl (C=O) groups is 3. The van der Waals surface area contributed by atoms with Gasteiger partial charge in [0.25, 0.3) is 5.91 Å². The van der Waals surface area contributed by atoms with E-state index in [1.807, 2.05) is 0 Å². The van der Waals surface area contributed by atoms with Gasteiger partial charge in [-0.25, -0.2) is 0 Å². The van der Waals surface area contributed by atoms with E-state index >= 15 is 0 Å². The fourth-order valence-electron chi connectivity index (χ4n) is 5.34. The molecule has 0 radical (unpaired) electrons.